The fraction of sp³-hybridized carbons (Fsp3) is 0.556. The number of amides is 2. The standard InChI is InChI=1S/C18H21BrN2O3/c19-13-5-3-12(4-6-13)18-14-8-20(16(23)7-11-1-2-11)9-17(24)21(14)15(18)10-22/h3-6,11,14-15,18,22H,1-2,7-10H2/t14-,15-,18-/m0/s1. The Labute approximate surface area is 149 Å². The van der Waals surface area contributed by atoms with E-state index in [0.29, 0.717) is 18.9 Å². The molecule has 2 saturated heterocycles. The monoisotopic (exact) mass is 392 g/mol. The summed E-state index contributed by atoms with van der Waals surface area (Å²) < 4.78 is 1.00. The van der Waals surface area contributed by atoms with Gasteiger partial charge in [-0.1, -0.05) is 28.1 Å². The van der Waals surface area contributed by atoms with Crippen LogP contribution >= 0.6 is 15.9 Å². The second-order valence-electron chi connectivity index (χ2n) is 7.12. The molecule has 5 nitrogen and oxygen atoms in total. The summed E-state index contributed by atoms with van der Waals surface area (Å²) in [4.78, 5) is 28.4. The average molecular weight is 393 g/mol. The molecule has 3 fully saturated rings. The Balaban J connectivity index is 1.54. The first-order valence-electron chi connectivity index (χ1n) is 8.53. The molecule has 2 amide bonds. The summed E-state index contributed by atoms with van der Waals surface area (Å²) in [6, 6.07) is 7.83. The molecule has 6 heteroatoms. The molecule has 2 heterocycles. The summed E-state index contributed by atoms with van der Waals surface area (Å²) in [5.74, 6) is 0.679. The molecule has 1 aromatic rings. The average Bonchev–Trinajstić information content (AvgIpc) is 3.35. The number of carbonyl (C=O) groups excluding carboxylic acids is 2. The Morgan fingerprint density at radius 2 is 1.96 bits per heavy atom. The Hall–Kier alpha value is -1.40. The molecule has 3 aliphatic rings. The van der Waals surface area contributed by atoms with Gasteiger partial charge in [-0.15, -0.1) is 0 Å². The van der Waals surface area contributed by atoms with Crippen LogP contribution in [0.4, 0.5) is 0 Å². The lowest BCUT2D eigenvalue weighted by Crippen LogP contribution is -2.73. The van der Waals surface area contributed by atoms with Crippen molar-refractivity contribution in [3.8, 4) is 0 Å². The van der Waals surface area contributed by atoms with E-state index in [9.17, 15) is 14.7 Å². The van der Waals surface area contributed by atoms with Crippen LogP contribution in [-0.2, 0) is 9.59 Å². The van der Waals surface area contributed by atoms with Gasteiger partial charge < -0.3 is 14.9 Å². The van der Waals surface area contributed by atoms with Gasteiger partial charge in [0.2, 0.25) is 11.8 Å². The van der Waals surface area contributed by atoms with Gasteiger partial charge in [0, 0.05) is 23.4 Å². The topological polar surface area (TPSA) is 60.9 Å². The minimum absolute atomic E-state index is 0.0206. The van der Waals surface area contributed by atoms with E-state index in [2.05, 4.69) is 15.9 Å². The van der Waals surface area contributed by atoms with Crippen LogP contribution in [0.2, 0.25) is 0 Å². The van der Waals surface area contributed by atoms with Crippen molar-refractivity contribution in [1.82, 2.24) is 9.80 Å². The van der Waals surface area contributed by atoms with Gasteiger partial charge >= 0.3 is 0 Å². The Kier molecular flexibility index (Phi) is 4.12. The number of fused-ring (bicyclic) bond motifs is 1. The maximum atomic E-state index is 12.5. The highest BCUT2D eigenvalue weighted by molar-refractivity contribution is 9.10. The van der Waals surface area contributed by atoms with Crippen molar-refractivity contribution < 1.29 is 14.7 Å². The first-order chi connectivity index (χ1) is 11.6. The highest BCUT2D eigenvalue weighted by atomic mass is 79.9. The molecular weight excluding hydrogens is 372 g/mol. The number of carbonyl (C=O) groups is 2. The van der Waals surface area contributed by atoms with Crippen molar-refractivity contribution in [3.05, 3.63) is 34.3 Å². The van der Waals surface area contributed by atoms with E-state index in [1.807, 2.05) is 24.3 Å². The molecule has 1 N–H and O–H groups in total. The van der Waals surface area contributed by atoms with Gasteiger partial charge in [0.05, 0.1) is 25.2 Å². The van der Waals surface area contributed by atoms with Gasteiger partial charge in [-0.05, 0) is 36.5 Å². The third kappa shape index (κ3) is 2.75. The number of piperazine rings is 1. The summed E-state index contributed by atoms with van der Waals surface area (Å²) in [5.41, 5.74) is 1.11. The van der Waals surface area contributed by atoms with Crippen molar-refractivity contribution >= 4 is 27.7 Å². The molecule has 0 radical (unpaired) electrons. The summed E-state index contributed by atoms with van der Waals surface area (Å²) >= 11 is 3.44. The second-order valence-corrected chi connectivity index (χ2v) is 8.03. The molecule has 2 aliphatic heterocycles. The van der Waals surface area contributed by atoms with Crippen molar-refractivity contribution in [2.24, 2.45) is 5.92 Å². The van der Waals surface area contributed by atoms with E-state index < -0.39 is 0 Å². The third-order valence-corrected chi connectivity index (χ3v) is 6.05. The zero-order chi connectivity index (χ0) is 16.8. The van der Waals surface area contributed by atoms with Crippen LogP contribution in [-0.4, -0.2) is 58.5 Å². The van der Waals surface area contributed by atoms with E-state index in [0.717, 1.165) is 22.9 Å². The first kappa shape index (κ1) is 16.1. The van der Waals surface area contributed by atoms with Crippen LogP contribution in [0.25, 0.3) is 0 Å². The predicted molar refractivity (Wildman–Crippen MR) is 92.3 cm³/mol. The van der Waals surface area contributed by atoms with Crippen molar-refractivity contribution in [1.29, 1.82) is 0 Å². The number of aliphatic hydroxyl groups is 1. The number of nitrogens with zero attached hydrogens (tertiary/aromatic N) is 2. The van der Waals surface area contributed by atoms with Crippen molar-refractivity contribution in [2.75, 3.05) is 19.7 Å². The molecule has 1 aliphatic carbocycles. The van der Waals surface area contributed by atoms with Crippen LogP contribution in [0, 0.1) is 5.92 Å². The summed E-state index contributed by atoms with van der Waals surface area (Å²) in [7, 11) is 0. The van der Waals surface area contributed by atoms with Gasteiger partial charge in [-0.2, -0.15) is 0 Å². The fourth-order valence-electron chi connectivity index (χ4n) is 4.07. The van der Waals surface area contributed by atoms with Crippen LogP contribution in [0.5, 0.6) is 0 Å². The van der Waals surface area contributed by atoms with Gasteiger partial charge in [0.1, 0.15) is 0 Å². The summed E-state index contributed by atoms with van der Waals surface area (Å²) in [6.45, 7) is 0.694. The van der Waals surface area contributed by atoms with Crippen molar-refractivity contribution in [2.45, 2.75) is 37.3 Å². The Bertz CT molecular complexity index is 659. The predicted octanol–water partition coefficient (Wildman–Crippen LogP) is 1.75. The molecule has 0 unspecified atom stereocenters. The number of aliphatic hydroxyl groups excluding tert-OH is 1. The smallest absolute Gasteiger partial charge is 0.242 e. The SMILES string of the molecule is O=C(CC1CC1)N1CC(=O)N2[C@@H](CO)[C@@H](c3ccc(Br)cc3)[C@@H]2C1. The lowest BCUT2D eigenvalue weighted by atomic mass is 9.73. The van der Waals surface area contributed by atoms with Gasteiger partial charge in [-0.25, -0.2) is 0 Å². The Morgan fingerprint density at radius 3 is 2.58 bits per heavy atom. The number of halogens is 1. The maximum absolute atomic E-state index is 12.5. The number of rotatable bonds is 4. The van der Waals surface area contributed by atoms with Crippen molar-refractivity contribution in [3.63, 3.8) is 0 Å². The molecule has 1 saturated carbocycles. The molecule has 4 rings (SSSR count). The van der Waals surface area contributed by atoms with Crippen LogP contribution in [0.15, 0.2) is 28.7 Å². The normalized spacial score (nSPS) is 29.2. The molecule has 1 aromatic carbocycles. The van der Waals surface area contributed by atoms with E-state index >= 15 is 0 Å². The molecule has 24 heavy (non-hydrogen) atoms. The molecule has 128 valence electrons. The lowest BCUT2D eigenvalue weighted by Gasteiger charge is -2.58. The molecule has 0 bridgehead atoms. The minimum Gasteiger partial charge on any atom is -0.394 e. The van der Waals surface area contributed by atoms with Gasteiger partial charge in [-0.3, -0.25) is 9.59 Å². The van der Waals surface area contributed by atoms with Crippen LogP contribution in [0.1, 0.15) is 30.7 Å². The largest absolute Gasteiger partial charge is 0.394 e. The zero-order valence-electron chi connectivity index (χ0n) is 13.4. The summed E-state index contributed by atoms with van der Waals surface area (Å²) in [6.07, 6.45) is 2.85. The third-order valence-electron chi connectivity index (χ3n) is 5.52. The van der Waals surface area contributed by atoms with Gasteiger partial charge in [0.15, 0.2) is 0 Å². The number of benzene rings is 1. The van der Waals surface area contributed by atoms with E-state index in [-0.39, 0.29) is 43.0 Å². The van der Waals surface area contributed by atoms with E-state index in [1.54, 1.807) is 9.80 Å². The molecular formula is C18H21BrN2O3. The first-order valence-corrected chi connectivity index (χ1v) is 9.33. The van der Waals surface area contributed by atoms with Gasteiger partial charge in [0.25, 0.3) is 0 Å². The maximum Gasteiger partial charge on any atom is 0.242 e. The van der Waals surface area contributed by atoms with Crippen LogP contribution in [0.3, 0.4) is 0 Å². The number of hydrogen-bond donors (Lipinski definition) is 1. The summed E-state index contributed by atoms with van der Waals surface area (Å²) in [5, 5.41) is 9.75. The Morgan fingerprint density at radius 1 is 1.25 bits per heavy atom. The second kappa shape index (κ2) is 6.15. The van der Waals surface area contributed by atoms with E-state index in [4.69, 9.17) is 0 Å². The number of hydrogen-bond acceptors (Lipinski definition) is 3. The van der Waals surface area contributed by atoms with Crippen LogP contribution < -0.4 is 0 Å². The zero-order valence-corrected chi connectivity index (χ0v) is 15.0. The molecule has 0 spiro atoms. The van der Waals surface area contributed by atoms with E-state index in [1.165, 1.54) is 0 Å². The molecule has 3 atom stereocenters. The highest BCUT2D eigenvalue weighted by Crippen LogP contribution is 2.43. The molecule has 0 aromatic heterocycles. The quantitative estimate of drug-likeness (QED) is 0.848. The minimum atomic E-state index is -0.177. The fourth-order valence-corrected chi connectivity index (χ4v) is 4.34. The highest BCUT2D eigenvalue weighted by Gasteiger charge is 2.54. The lowest BCUT2D eigenvalue weighted by molar-refractivity contribution is -0.167.